The van der Waals surface area contributed by atoms with Crippen molar-refractivity contribution in [2.75, 3.05) is 7.05 Å². The predicted molar refractivity (Wildman–Crippen MR) is 64.5 cm³/mol. The fraction of sp³-hybridized carbons (Fsp3) is 0.250. The number of urea groups is 1. The van der Waals surface area contributed by atoms with E-state index in [9.17, 15) is 14.4 Å². The second-order valence-electron chi connectivity index (χ2n) is 3.48. The summed E-state index contributed by atoms with van der Waals surface area (Å²) in [6, 6.07) is 5.91. The molecule has 96 valence electrons. The van der Waals surface area contributed by atoms with Gasteiger partial charge in [0.05, 0.1) is 5.56 Å². The number of rotatable bonds is 4. The van der Waals surface area contributed by atoms with E-state index in [0.29, 0.717) is 17.6 Å². The number of hydrogen-bond acceptors (Lipinski definition) is 4. The van der Waals surface area contributed by atoms with Crippen molar-refractivity contribution in [1.82, 2.24) is 10.6 Å². The Balaban J connectivity index is 2.69. The third kappa shape index (κ3) is 3.58. The van der Waals surface area contributed by atoms with Gasteiger partial charge in [0, 0.05) is 7.05 Å². The zero-order valence-corrected chi connectivity index (χ0v) is 10.1. The molecule has 0 aromatic heterocycles. The summed E-state index contributed by atoms with van der Waals surface area (Å²) in [4.78, 5) is 33.2. The largest absolute Gasteiger partial charge is 0.480 e. The summed E-state index contributed by atoms with van der Waals surface area (Å²) in [5, 5.41) is 4.34. The Kier molecular flexibility index (Phi) is 4.86. The van der Waals surface area contributed by atoms with Gasteiger partial charge >= 0.3 is 6.03 Å². The van der Waals surface area contributed by atoms with Crippen molar-refractivity contribution in [3.8, 4) is 5.75 Å². The third-order valence-electron chi connectivity index (χ3n) is 2.18. The topological polar surface area (TPSA) is 84.5 Å². The van der Waals surface area contributed by atoms with Gasteiger partial charge in [-0.25, -0.2) is 4.79 Å². The molecule has 3 amide bonds. The monoisotopic (exact) mass is 250 g/mol. The number of amides is 3. The van der Waals surface area contributed by atoms with Gasteiger partial charge in [0.1, 0.15) is 5.75 Å². The van der Waals surface area contributed by atoms with Gasteiger partial charge in [0.25, 0.3) is 5.91 Å². The van der Waals surface area contributed by atoms with Crippen LogP contribution >= 0.6 is 0 Å². The molecular formula is C12H14N2O4. The summed E-state index contributed by atoms with van der Waals surface area (Å²) in [5.41, 5.74) is 0.345. The lowest BCUT2D eigenvalue weighted by Crippen LogP contribution is -2.44. The number of carbonyl (C=O) groups excluding carboxylic acids is 3. The maximum atomic E-state index is 11.5. The number of benzene rings is 1. The molecule has 0 radical (unpaired) electrons. The molecule has 0 unspecified atom stereocenters. The molecule has 0 spiro atoms. The molecule has 0 fully saturated rings. The predicted octanol–water partition coefficient (Wildman–Crippen LogP) is 0.722. The Morgan fingerprint density at radius 2 is 2.00 bits per heavy atom. The number of nitrogens with one attached hydrogen (secondary N) is 2. The van der Waals surface area contributed by atoms with Crippen molar-refractivity contribution in [1.29, 1.82) is 0 Å². The highest BCUT2D eigenvalue weighted by Gasteiger charge is 2.17. The lowest BCUT2D eigenvalue weighted by atomic mass is 10.2. The van der Waals surface area contributed by atoms with Gasteiger partial charge < -0.3 is 10.1 Å². The molecule has 0 heterocycles. The SMILES string of the molecule is CNC(=O)NC(=O)[C@H](C)Oc1ccccc1C=O. The second-order valence-corrected chi connectivity index (χ2v) is 3.48. The maximum absolute atomic E-state index is 11.5. The van der Waals surface area contributed by atoms with E-state index in [2.05, 4.69) is 10.6 Å². The molecule has 18 heavy (non-hydrogen) atoms. The van der Waals surface area contributed by atoms with Gasteiger partial charge in [-0.15, -0.1) is 0 Å². The summed E-state index contributed by atoms with van der Waals surface area (Å²) in [7, 11) is 1.40. The fourth-order valence-electron chi connectivity index (χ4n) is 1.21. The summed E-state index contributed by atoms with van der Waals surface area (Å²) in [6.45, 7) is 1.49. The minimum atomic E-state index is -0.886. The molecule has 0 bridgehead atoms. The fourth-order valence-corrected chi connectivity index (χ4v) is 1.21. The first-order valence-electron chi connectivity index (χ1n) is 5.32. The molecular weight excluding hydrogens is 236 g/mol. The first-order chi connectivity index (χ1) is 8.58. The van der Waals surface area contributed by atoms with Crippen LogP contribution in [-0.4, -0.2) is 31.4 Å². The van der Waals surface area contributed by atoms with E-state index >= 15 is 0 Å². The summed E-state index contributed by atoms with van der Waals surface area (Å²) < 4.78 is 5.32. The Bertz CT molecular complexity index is 459. The van der Waals surface area contributed by atoms with Gasteiger partial charge in [0.15, 0.2) is 12.4 Å². The van der Waals surface area contributed by atoms with Gasteiger partial charge in [-0.3, -0.25) is 14.9 Å². The molecule has 1 aromatic rings. The van der Waals surface area contributed by atoms with Crippen LogP contribution in [0.5, 0.6) is 5.75 Å². The van der Waals surface area contributed by atoms with E-state index in [1.807, 2.05) is 0 Å². The molecule has 0 saturated heterocycles. The molecule has 6 heteroatoms. The number of carbonyl (C=O) groups is 3. The van der Waals surface area contributed by atoms with E-state index in [0.717, 1.165) is 0 Å². The minimum Gasteiger partial charge on any atom is -0.480 e. The van der Waals surface area contributed by atoms with Crippen LogP contribution in [0.15, 0.2) is 24.3 Å². The van der Waals surface area contributed by atoms with Crippen molar-refractivity contribution in [3.63, 3.8) is 0 Å². The van der Waals surface area contributed by atoms with E-state index in [1.54, 1.807) is 24.3 Å². The van der Waals surface area contributed by atoms with Crippen molar-refractivity contribution < 1.29 is 19.1 Å². The first-order valence-corrected chi connectivity index (χ1v) is 5.32. The minimum absolute atomic E-state index is 0.298. The zero-order valence-electron chi connectivity index (χ0n) is 10.1. The van der Waals surface area contributed by atoms with Gasteiger partial charge in [-0.05, 0) is 19.1 Å². The number of aldehydes is 1. The molecule has 0 aliphatic heterocycles. The van der Waals surface area contributed by atoms with E-state index in [1.165, 1.54) is 14.0 Å². The third-order valence-corrected chi connectivity index (χ3v) is 2.18. The maximum Gasteiger partial charge on any atom is 0.321 e. The number of para-hydroxylation sites is 1. The van der Waals surface area contributed by atoms with Gasteiger partial charge in [-0.1, -0.05) is 12.1 Å². The summed E-state index contributed by atoms with van der Waals surface area (Å²) in [6.07, 6.45) is -0.248. The lowest BCUT2D eigenvalue weighted by molar-refractivity contribution is -0.126. The molecule has 1 aromatic carbocycles. The van der Waals surface area contributed by atoms with Crippen LogP contribution in [-0.2, 0) is 4.79 Å². The number of hydrogen-bond donors (Lipinski definition) is 2. The smallest absolute Gasteiger partial charge is 0.321 e. The van der Waals surface area contributed by atoms with E-state index < -0.39 is 18.0 Å². The van der Waals surface area contributed by atoms with Crippen molar-refractivity contribution in [2.24, 2.45) is 0 Å². The highest BCUT2D eigenvalue weighted by Crippen LogP contribution is 2.17. The van der Waals surface area contributed by atoms with E-state index in [-0.39, 0.29) is 0 Å². The van der Waals surface area contributed by atoms with E-state index in [4.69, 9.17) is 4.74 Å². The van der Waals surface area contributed by atoms with Crippen LogP contribution in [0.3, 0.4) is 0 Å². The molecule has 2 N–H and O–H groups in total. The van der Waals surface area contributed by atoms with Crippen LogP contribution in [0.25, 0.3) is 0 Å². The zero-order chi connectivity index (χ0) is 13.5. The average molecular weight is 250 g/mol. The Labute approximate surface area is 104 Å². The average Bonchev–Trinajstić information content (AvgIpc) is 2.39. The quantitative estimate of drug-likeness (QED) is 0.771. The molecule has 1 rings (SSSR count). The second kappa shape index (κ2) is 6.39. The summed E-state index contributed by atoms with van der Waals surface area (Å²) in [5.74, 6) is -0.290. The van der Waals surface area contributed by atoms with Crippen molar-refractivity contribution in [3.05, 3.63) is 29.8 Å². The molecule has 1 atom stereocenters. The first kappa shape index (κ1) is 13.7. The Morgan fingerprint density at radius 1 is 1.33 bits per heavy atom. The molecule has 0 aliphatic rings. The lowest BCUT2D eigenvalue weighted by Gasteiger charge is -2.14. The normalized spacial score (nSPS) is 11.2. The molecule has 0 aliphatic carbocycles. The Hall–Kier alpha value is -2.37. The van der Waals surface area contributed by atoms with Gasteiger partial charge in [-0.2, -0.15) is 0 Å². The molecule has 6 nitrogen and oxygen atoms in total. The number of imide groups is 1. The van der Waals surface area contributed by atoms with Crippen molar-refractivity contribution in [2.45, 2.75) is 13.0 Å². The highest BCUT2D eigenvalue weighted by atomic mass is 16.5. The van der Waals surface area contributed by atoms with Crippen LogP contribution in [0.1, 0.15) is 17.3 Å². The number of ether oxygens (including phenoxy) is 1. The highest BCUT2D eigenvalue weighted by molar-refractivity contribution is 5.96. The standard InChI is InChI=1S/C12H14N2O4/c1-8(11(16)14-12(17)13-2)18-10-6-4-3-5-9(10)7-15/h3-8H,1-2H3,(H2,13,14,16,17)/t8-/m0/s1. The van der Waals surface area contributed by atoms with Crippen LogP contribution in [0.4, 0.5) is 4.79 Å². The summed E-state index contributed by atoms with van der Waals surface area (Å²) >= 11 is 0. The van der Waals surface area contributed by atoms with Crippen LogP contribution < -0.4 is 15.4 Å². The van der Waals surface area contributed by atoms with Crippen molar-refractivity contribution >= 4 is 18.2 Å². The Morgan fingerprint density at radius 3 is 2.61 bits per heavy atom. The van der Waals surface area contributed by atoms with Crippen LogP contribution in [0.2, 0.25) is 0 Å². The molecule has 0 saturated carbocycles. The van der Waals surface area contributed by atoms with Crippen LogP contribution in [0, 0.1) is 0 Å². The van der Waals surface area contributed by atoms with Gasteiger partial charge in [0.2, 0.25) is 0 Å².